The lowest BCUT2D eigenvalue weighted by atomic mass is 10.0. The molecule has 0 amide bonds. The molecule has 1 aliphatic heterocycles. The Morgan fingerprint density at radius 2 is 2.10 bits per heavy atom. The molecule has 0 bridgehead atoms. The molecule has 1 aliphatic rings. The number of hydrogen-bond acceptors (Lipinski definition) is 3. The first kappa shape index (κ1) is 16.0. The minimum Gasteiger partial charge on any atom is -0.477 e. The van der Waals surface area contributed by atoms with E-state index in [1.807, 2.05) is 6.92 Å². The van der Waals surface area contributed by atoms with Gasteiger partial charge in [-0.3, -0.25) is 0 Å². The van der Waals surface area contributed by atoms with Crippen LogP contribution in [-0.4, -0.2) is 41.0 Å². The fourth-order valence-corrected chi connectivity index (χ4v) is 4.71. The highest BCUT2D eigenvalue weighted by molar-refractivity contribution is 7.89. The van der Waals surface area contributed by atoms with E-state index in [0.717, 1.165) is 25.7 Å². The lowest BCUT2D eigenvalue weighted by Crippen LogP contribution is -2.43. The van der Waals surface area contributed by atoms with Crippen molar-refractivity contribution < 1.29 is 18.3 Å². The van der Waals surface area contributed by atoms with Crippen molar-refractivity contribution in [3.8, 4) is 0 Å². The summed E-state index contributed by atoms with van der Waals surface area (Å²) in [6.07, 6.45) is 4.98. The molecule has 1 atom stereocenters. The smallest absolute Gasteiger partial charge is 0.352 e. The second kappa shape index (κ2) is 6.19. The molecular formula is C14H22N2O4S. The zero-order valence-electron chi connectivity index (χ0n) is 12.4. The number of aryl methyl sites for hydroxylation is 1. The van der Waals surface area contributed by atoms with Gasteiger partial charge in [-0.05, 0) is 32.3 Å². The van der Waals surface area contributed by atoms with Gasteiger partial charge in [0.2, 0.25) is 10.0 Å². The molecule has 1 aromatic heterocycles. The van der Waals surface area contributed by atoms with Gasteiger partial charge >= 0.3 is 5.97 Å². The number of piperidine rings is 1. The second-order valence-electron chi connectivity index (χ2n) is 5.33. The van der Waals surface area contributed by atoms with Gasteiger partial charge in [-0.1, -0.05) is 13.3 Å². The number of nitrogens with zero attached hydrogens (tertiary/aromatic N) is 2. The maximum absolute atomic E-state index is 12.8. The summed E-state index contributed by atoms with van der Waals surface area (Å²) in [5, 5.41) is 9.16. The first-order chi connectivity index (χ1) is 9.91. The molecular weight excluding hydrogens is 292 g/mol. The summed E-state index contributed by atoms with van der Waals surface area (Å²) in [6, 6.07) is 1.28. The molecule has 1 saturated heterocycles. The van der Waals surface area contributed by atoms with Crippen LogP contribution in [0, 0.1) is 0 Å². The summed E-state index contributed by atoms with van der Waals surface area (Å²) in [5.74, 6) is -1.11. The quantitative estimate of drug-likeness (QED) is 0.903. The number of carbonyl (C=O) groups is 1. The third-order valence-electron chi connectivity index (χ3n) is 4.08. The van der Waals surface area contributed by atoms with Crippen molar-refractivity contribution >= 4 is 16.0 Å². The van der Waals surface area contributed by atoms with Crippen LogP contribution in [0.15, 0.2) is 17.2 Å². The van der Waals surface area contributed by atoms with Crippen LogP contribution in [0.2, 0.25) is 0 Å². The zero-order chi connectivity index (χ0) is 15.6. The summed E-state index contributed by atoms with van der Waals surface area (Å²) in [6.45, 7) is 4.71. The lowest BCUT2D eigenvalue weighted by molar-refractivity contribution is 0.0685. The van der Waals surface area contributed by atoms with Crippen molar-refractivity contribution in [2.24, 2.45) is 0 Å². The largest absolute Gasteiger partial charge is 0.477 e. The van der Waals surface area contributed by atoms with Crippen LogP contribution in [0.1, 0.15) is 50.0 Å². The highest BCUT2D eigenvalue weighted by Gasteiger charge is 2.33. The average Bonchev–Trinajstić information content (AvgIpc) is 2.92. The Bertz CT molecular complexity index is 621. The van der Waals surface area contributed by atoms with E-state index < -0.39 is 16.0 Å². The normalized spacial score (nSPS) is 20.6. The lowest BCUT2D eigenvalue weighted by Gasteiger charge is -2.33. The molecule has 1 fully saturated rings. The van der Waals surface area contributed by atoms with E-state index in [4.69, 9.17) is 5.11 Å². The summed E-state index contributed by atoms with van der Waals surface area (Å²) in [7, 11) is -3.62. The minimum atomic E-state index is -3.62. The molecule has 1 aromatic rings. The van der Waals surface area contributed by atoms with Crippen LogP contribution in [0.3, 0.4) is 0 Å². The Hall–Kier alpha value is -1.34. The molecule has 7 heteroatoms. The van der Waals surface area contributed by atoms with Crippen LogP contribution >= 0.6 is 0 Å². The number of carboxylic acid groups (broad SMARTS) is 1. The van der Waals surface area contributed by atoms with Crippen molar-refractivity contribution in [1.29, 1.82) is 0 Å². The maximum Gasteiger partial charge on any atom is 0.352 e. The topological polar surface area (TPSA) is 79.6 Å². The van der Waals surface area contributed by atoms with Crippen LogP contribution in [0.4, 0.5) is 0 Å². The molecule has 1 unspecified atom stereocenters. The van der Waals surface area contributed by atoms with Crippen LogP contribution in [0.5, 0.6) is 0 Å². The van der Waals surface area contributed by atoms with Gasteiger partial charge in [0.05, 0.1) is 0 Å². The molecule has 21 heavy (non-hydrogen) atoms. The molecule has 2 heterocycles. The number of carboxylic acids is 1. The molecule has 0 aliphatic carbocycles. The summed E-state index contributed by atoms with van der Waals surface area (Å²) in [5.41, 5.74) is 0.0149. The van der Waals surface area contributed by atoms with Crippen LogP contribution in [0.25, 0.3) is 0 Å². The van der Waals surface area contributed by atoms with Crippen molar-refractivity contribution in [3.63, 3.8) is 0 Å². The summed E-state index contributed by atoms with van der Waals surface area (Å²) >= 11 is 0. The van der Waals surface area contributed by atoms with E-state index in [1.165, 1.54) is 21.1 Å². The number of rotatable bonds is 5. The van der Waals surface area contributed by atoms with Gasteiger partial charge < -0.3 is 9.67 Å². The third-order valence-corrected chi connectivity index (χ3v) is 6.00. The van der Waals surface area contributed by atoms with E-state index in [9.17, 15) is 13.2 Å². The SMILES string of the molecule is CCC1CCCCN1S(=O)(=O)c1cc(C(=O)O)n(CC)c1. The second-order valence-corrected chi connectivity index (χ2v) is 7.22. The minimum absolute atomic E-state index is 0.0149. The van der Waals surface area contributed by atoms with Crippen LogP contribution in [-0.2, 0) is 16.6 Å². The van der Waals surface area contributed by atoms with Gasteiger partial charge in [-0.25, -0.2) is 13.2 Å². The van der Waals surface area contributed by atoms with Gasteiger partial charge in [0.15, 0.2) is 0 Å². The van der Waals surface area contributed by atoms with Gasteiger partial charge in [0, 0.05) is 25.3 Å². The van der Waals surface area contributed by atoms with E-state index >= 15 is 0 Å². The Kier molecular flexibility index (Phi) is 4.73. The molecule has 6 nitrogen and oxygen atoms in total. The number of aromatic nitrogens is 1. The molecule has 0 radical (unpaired) electrons. The Morgan fingerprint density at radius 1 is 1.38 bits per heavy atom. The summed E-state index contributed by atoms with van der Waals surface area (Å²) < 4.78 is 28.6. The van der Waals surface area contributed by atoms with E-state index in [2.05, 4.69) is 0 Å². The molecule has 2 rings (SSSR count). The molecule has 118 valence electrons. The highest BCUT2D eigenvalue weighted by Crippen LogP contribution is 2.28. The maximum atomic E-state index is 12.8. The first-order valence-electron chi connectivity index (χ1n) is 7.37. The molecule has 1 N–H and O–H groups in total. The third kappa shape index (κ3) is 2.98. The van der Waals surface area contributed by atoms with E-state index in [0.29, 0.717) is 13.1 Å². The van der Waals surface area contributed by atoms with Gasteiger partial charge in [-0.2, -0.15) is 4.31 Å². The number of sulfonamides is 1. The van der Waals surface area contributed by atoms with E-state index in [-0.39, 0.29) is 16.6 Å². The van der Waals surface area contributed by atoms with Gasteiger partial charge in [-0.15, -0.1) is 0 Å². The zero-order valence-corrected chi connectivity index (χ0v) is 13.3. The first-order valence-corrected chi connectivity index (χ1v) is 8.81. The standard InChI is InChI=1S/C14H22N2O4S/c1-3-11-7-5-6-8-16(11)21(19,20)12-9-13(14(17)18)15(4-2)10-12/h9-11H,3-8H2,1-2H3,(H,17,18). The number of hydrogen-bond donors (Lipinski definition) is 1. The molecule has 0 aromatic carbocycles. The molecule has 0 saturated carbocycles. The monoisotopic (exact) mass is 314 g/mol. The Morgan fingerprint density at radius 3 is 2.62 bits per heavy atom. The average molecular weight is 314 g/mol. The van der Waals surface area contributed by atoms with Crippen molar-refractivity contribution in [1.82, 2.24) is 8.87 Å². The predicted molar refractivity (Wildman–Crippen MR) is 78.9 cm³/mol. The van der Waals surface area contributed by atoms with Crippen molar-refractivity contribution in [3.05, 3.63) is 18.0 Å². The fourth-order valence-electron chi connectivity index (χ4n) is 2.90. The van der Waals surface area contributed by atoms with Crippen molar-refractivity contribution in [2.45, 2.75) is 57.0 Å². The van der Waals surface area contributed by atoms with Crippen LogP contribution < -0.4 is 0 Å². The summed E-state index contributed by atoms with van der Waals surface area (Å²) in [4.78, 5) is 11.3. The Labute approximate surface area is 125 Å². The number of aromatic carboxylic acids is 1. The highest BCUT2D eigenvalue weighted by atomic mass is 32.2. The fraction of sp³-hybridized carbons (Fsp3) is 0.643. The molecule has 0 spiro atoms. The van der Waals surface area contributed by atoms with Gasteiger partial charge in [0.25, 0.3) is 0 Å². The van der Waals surface area contributed by atoms with Gasteiger partial charge in [0.1, 0.15) is 10.6 Å². The Balaban J connectivity index is 2.41. The van der Waals surface area contributed by atoms with Crippen molar-refractivity contribution in [2.75, 3.05) is 6.54 Å². The predicted octanol–water partition coefficient (Wildman–Crippen LogP) is 2.16. The van der Waals surface area contributed by atoms with E-state index in [1.54, 1.807) is 6.92 Å².